The van der Waals surface area contributed by atoms with Crippen molar-refractivity contribution in [2.75, 3.05) is 0 Å². The van der Waals surface area contributed by atoms with Crippen LogP contribution < -0.4 is 5.32 Å². The van der Waals surface area contributed by atoms with E-state index in [1.807, 2.05) is 6.92 Å². The predicted molar refractivity (Wildman–Crippen MR) is 67.2 cm³/mol. The molecule has 3 atom stereocenters. The van der Waals surface area contributed by atoms with Gasteiger partial charge in [0.2, 0.25) is 5.91 Å². The van der Waals surface area contributed by atoms with E-state index in [2.05, 4.69) is 5.32 Å². The summed E-state index contributed by atoms with van der Waals surface area (Å²) in [4.78, 5) is 22.6. The van der Waals surface area contributed by atoms with E-state index in [1.54, 1.807) is 13.8 Å². The van der Waals surface area contributed by atoms with Gasteiger partial charge in [-0.3, -0.25) is 4.79 Å². The summed E-state index contributed by atoms with van der Waals surface area (Å²) in [6.45, 7) is 5.58. The van der Waals surface area contributed by atoms with Crippen molar-refractivity contribution in [2.45, 2.75) is 64.7 Å². The first kappa shape index (κ1) is 15.0. The minimum atomic E-state index is -0.982. The second-order valence-corrected chi connectivity index (χ2v) is 5.31. The molecule has 1 amide bonds. The molecule has 0 aromatic rings. The predicted octanol–water partition coefficient (Wildman–Crippen LogP) is 1.56. The van der Waals surface area contributed by atoms with Crippen LogP contribution in [0.3, 0.4) is 0 Å². The van der Waals surface area contributed by atoms with Gasteiger partial charge in [-0.1, -0.05) is 13.8 Å². The van der Waals surface area contributed by atoms with E-state index in [4.69, 9.17) is 9.84 Å². The maximum atomic E-state index is 11.7. The number of carboxylic acid groups (broad SMARTS) is 1. The fourth-order valence-electron chi connectivity index (χ4n) is 2.15. The van der Waals surface area contributed by atoms with E-state index < -0.39 is 12.0 Å². The highest BCUT2D eigenvalue weighted by Gasteiger charge is 2.25. The van der Waals surface area contributed by atoms with Gasteiger partial charge in [-0.25, -0.2) is 4.79 Å². The largest absolute Gasteiger partial charge is 0.480 e. The number of ether oxygens (including phenoxy) is 1. The average molecular weight is 257 g/mol. The Morgan fingerprint density at radius 2 is 2.06 bits per heavy atom. The fraction of sp³-hybridized carbons (Fsp3) is 0.846. The van der Waals surface area contributed by atoms with E-state index in [0.717, 1.165) is 12.8 Å². The highest BCUT2D eigenvalue weighted by atomic mass is 16.5. The molecule has 0 radical (unpaired) electrons. The SMILES string of the molecule is CC1CCC(CCC(=O)N[C@@H](C(=O)O)C(C)C)O1. The molecule has 2 unspecified atom stereocenters. The Balaban J connectivity index is 2.30. The molecule has 1 aliphatic heterocycles. The van der Waals surface area contributed by atoms with E-state index in [0.29, 0.717) is 12.8 Å². The van der Waals surface area contributed by atoms with Gasteiger partial charge in [-0.15, -0.1) is 0 Å². The van der Waals surface area contributed by atoms with E-state index in [-0.39, 0.29) is 24.0 Å². The first-order valence-corrected chi connectivity index (χ1v) is 6.57. The van der Waals surface area contributed by atoms with Gasteiger partial charge in [-0.2, -0.15) is 0 Å². The van der Waals surface area contributed by atoms with Crippen molar-refractivity contribution in [3.63, 3.8) is 0 Å². The molecule has 1 heterocycles. The highest BCUT2D eigenvalue weighted by Crippen LogP contribution is 2.22. The third kappa shape index (κ3) is 4.64. The number of carboxylic acids is 1. The summed E-state index contributed by atoms with van der Waals surface area (Å²) in [7, 11) is 0. The molecule has 18 heavy (non-hydrogen) atoms. The van der Waals surface area contributed by atoms with Crippen LogP contribution in [0.15, 0.2) is 0 Å². The number of hydrogen-bond donors (Lipinski definition) is 2. The molecule has 104 valence electrons. The van der Waals surface area contributed by atoms with Crippen LogP contribution in [-0.4, -0.2) is 35.2 Å². The van der Waals surface area contributed by atoms with Crippen molar-refractivity contribution in [1.29, 1.82) is 0 Å². The number of aliphatic carboxylic acids is 1. The van der Waals surface area contributed by atoms with Crippen LogP contribution in [0.2, 0.25) is 0 Å². The van der Waals surface area contributed by atoms with Gasteiger partial charge >= 0.3 is 5.97 Å². The zero-order valence-corrected chi connectivity index (χ0v) is 11.3. The van der Waals surface area contributed by atoms with Gasteiger partial charge in [0.15, 0.2) is 0 Å². The Kier molecular flexibility index (Phi) is 5.59. The molecule has 5 heteroatoms. The number of nitrogens with one attached hydrogen (secondary N) is 1. The molecule has 0 aliphatic carbocycles. The minimum Gasteiger partial charge on any atom is -0.480 e. The number of amides is 1. The molecule has 0 saturated carbocycles. The monoisotopic (exact) mass is 257 g/mol. The molecular weight excluding hydrogens is 234 g/mol. The number of rotatable bonds is 6. The smallest absolute Gasteiger partial charge is 0.326 e. The summed E-state index contributed by atoms with van der Waals surface area (Å²) in [5, 5.41) is 11.5. The third-order valence-corrected chi connectivity index (χ3v) is 3.26. The fourth-order valence-corrected chi connectivity index (χ4v) is 2.15. The maximum absolute atomic E-state index is 11.7. The Labute approximate surface area is 108 Å². The van der Waals surface area contributed by atoms with Crippen LogP contribution in [-0.2, 0) is 14.3 Å². The molecule has 1 fully saturated rings. The van der Waals surface area contributed by atoms with Crippen LogP contribution in [0.4, 0.5) is 0 Å². The van der Waals surface area contributed by atoms with Gasteiger partial charge in [0.1, 0.15) is 6.04 Å². The van der Waals surface area contributed by atoms with Crippen LogP contribution in [0.5, 0.6) is 0 Å². The number of carbonyl (C=O) groups is 2. The molecule has 0 aromatic heterocycles. The van der Waals surface area contributed by atoms with Crippen LogP contribution in [0.25, 0.3) is 0 Å². The first-order chi connectivity index (χ1) is 8.40. The lowest BCUT2D eigenvalue weighted by molar-refractivity contribution is -0.143. The van der Waals surface area contributed by atoms with Gasteiger partial charge in [0.05, 0.1) is 12.2 Å². The van der Waals surface area contributed by atoms with Crippen LogP contribution >= 0.6 is 0 Å². The molecule has 1 rings (SSSR count). The topological polar surface area (TPSA) is 75.6 Å². The molecule has 1 aliphatic rings. The van der Waals surface area contributed by atoms with Gasteiger partial charge in [-0.05, 0) is 32.1 Å². The highest BCUT2D eigenvalue weighted by molar-refractivity contribution is 5.83. The van der Waals surface area contributed by atoms with Crippen LogP contribution in [0.1, 0.15) is 46.5 Å². The summed E-state index contributed by atoms with van der Waals surface area (Å²) in [6, 6.07) is -0.805. The second-order valence-electron chi connectivity index (χ2n) is 5.31. The summed E-state index contributed by atoms with van der Waals surface area (Å²) >= 11 is 0. The van der Waals surface area contributed by atoms with E-state index in [9.17, 15) is 9.59 Å². The van der Waals surface area contributed by atoms with Gasteiger partial charge < -0.3 is 15.2 Å². The third-order valence-electron chi connectivity index (χ3n) is 3.26. The summed E-state index contributed by atoms with van der Waals surface area (Å²) in [6.07, 6.45) is 3.44. The standard InChI is InChI=1S/C13H23NO4/c1-8(2)12(13(16)17)14-11(15)7-6-10-5-4-9(3)18-10/h8-10,12H,4-7H2,1-3H3,(H,14,15)(H,16,17)/t9?,10?,12-/m1/s1. The number of carbonyl (C=O) groups excluding carboxylic acids is 1. The van der Waals surface area contributed by atoms with E-state index >= 15 is 0 Å². The molecule has 0 aromatic carbocycles. The summed E-state index contributed by atoms with van der Waals surface area (Å²) in [5.41, 5.74) is 0. The van der Waals surface area contributed by atoms with Crippen molar-refractivity contribution in [1.82, 2.24) is 5.32 Å². The quantitative estimate of drug-likeness (QED) is 0.757. The Hall–Kier alpha value is -1.10. The van der Waals surface area contributed by atoms with Crippen LogP contribution in [0, 0.1) is 5.92 Å². The minimum absolute atomic E-state index is 0.116. The Bertz CT molecular complexity index is 303. The van der Waals surface area contributed by atoms with Crippen molar-refractivity contribution < 1.29 is 19.4 Å². The normalized spacial score (nSPS) is 25.1. The van der Waals surface area contributed by atoms with Gasteiger partial charge in [0.25, 0.3) is 0 Å². The molecule has 0 bridgehead atoms. The average Bonchev–Trinajstić information content (AvgIpc) is 2.68. The summed E-state index contributed by atoms with van der Waals surface area (Å²) in [5.74, 6) is -1.31. The Morgan fingerprint density at radius 1 is 1.39 bits per heavy atom. The van der Waals surface area contributed by atoms with Gasteiger partial charge in [0, 0.05) is 6.42 Å². The van der Waals surface area contributed by atoms with Crippen molar-refractivity contribution in [3.05, 3.63) is 0 Å². The lowest BCUT2D eigenvalue weighted by Gasteiger charge is -2.18. The van der Waals surface area contributed by atoms with Crippen molar-refractivity contribution >= 4 is 11.9 Å². The lowest BCUT2D eigenvalue weighted by Crippen LogP contribution is -2.44. The molecule has 0 spiro atoms. The Morgan fingerprint density at radius 3 is 2.50 bits per heavy atom. The van der Waals surface area contributed by atoms with Crippen molar-refractivity contribution in [3.8, 4) is 0 Å². The van der Waals surface area contributed by atoms with E-state index in [1.165, 1.54) is 0 Å². The maximum Gasteiger partial charge on any atom is 0.326 e. The second kappa shape index (κ2) is 6.73. The lowest BCUT2D eigenvalue weighted by atomic mass is 10.0. The molecule has 5 nitrogen and oxygen atoms in total. The van der Waals surface area contributed by atoms with Crippen molar-refractivity contribution in [2.24, 2.45) is 5.92 Å². The molecule has 2 N–H and O–H groups in total. The number of hydrogen-bond acceptors (Lipinski definition) is 3. The zero-order chi connectivity index (χ0) is 13.7. The zero-order valence-electron chi connectivity index (χ0n) is 11.3. The first-order valence-electron chi connectivity index (χ1n) is 6.57. The molecule has 1 saturated heterocycles. The summed E-state index contributed by atoms with van der Waals surface area (Å²) < 4.78 is 5.62. The molecular formula is C13H23NO4.